The van der Waals surface area contributed by atoms with E-state index < -0.39 is 23.8 Å². The summed E-state index contributed by atoms with van der Waals surface area (Å²) < 4.78 is 31.6. The third kappa shape index (κ3) is 2.62. The number of aliphatic hydroxyl groups excluding tert-OH is 1. The maximum Gasteiger partial charge on any atom is 0.257 e. The van der Waals surface area contributed by atoms with Crippen LogP contribution in [0.4, 0.5) is 8.78 Å². The molecule has 1 aromatic heterocycles. The second-order valence-corrected chi connectivity index (χ2v) is 5.48. The smallest absolute Gasteiger partial charge is 0.257 e. The van der Waals surface area contributed by atoms with Crippen molar-refractivity contribution in [2.45, 2.75) is 25.5 Å². The molecule has 1 aliphatic heterocycles. The summed E-state index contributed by atoms with van der Waals surface area (Å²) in [5, 5.41) is 9.87. The zero-order chi connectivity index (χ0) is 15.9. The van der Waals surface area contributed by atoms with Gasteiger partial charge in [-0.15, -0.1) is 0 Å². The van der Waals surface area contributed by atoms with Crippen LogP contribution in [-0.4, -0.2) is 28.6 Å². The summed E-state index contributed by atoms with van der Waals surface area (Å²) in [6.07, 6.45) is 0.938. The number of furan rings is 1. The van der Waals surface area contributed by atoms with E-state index in [-0.39, 0.29) is 18.9 Å². The Hall–Kier alpha value is -2.21. The normalized spacial score (nSPS) is 21.4. The van der Waals surface area contributed by atoms with Crippen molar-refractivity contribution < 1.29 is 23.1 Å². The Morgan fingerprint density at radius 2 is 2.09 bits per heavy atom. The van der Waals surface area contributed by atoms with Crippen LogP contribution in [0.15, 0.2) is 34.9 Å². The molecule has 1 aromatic carbocycles. The van der Waals surface area contributed by atoms with E-state index >= 15 is 0 Å². The fraction of sp³-hybridized carbons (Fsp3) is 0.312. The first-order valence-electron chi connectivity index (χ1n) is 6.95. The van der Waals surface area contributed by atoms with Gasteiger partial charge in [0.25, 0.3) is 5.91 Å². The van der Waals surface area contributed by atoms with Gasteiger partial charge in [-0.2, -0.15) is 0 Å². The summed E-state index contributed by atoms with van der Waals surface area (Å²) in [7, 11) is 0. The zero-order valence-electron chi connectivity index (χ0n) is 11.9. The second kappa shape index (κ2) is 5.53. The van der Waals surface area contributed by atoms with Crippen LogP contribution in [0.25, 0.3) is 0 Å². The van der Waals surface area contributed by atoms with Crippen molar-refractivity contribution in [1.29, 1.82) is 0 Å². The Labute approximate surface area is 126 Å². The quantitative estimate of drug-likeness (QED) is 0.928. The van der Waals surface area contributed by atoms with Crippen LogP contribution in [0.1, 0.15) is 34.1 Å². The van der Waals surface area contributed by atoms with Crippen LogP contribution in [0.5, 0.6) is 0 Å². The molecule has 4 nitrogen and oxygen atoms in total. The molecular weight excluding hydrogens is 292 g/mol. The lowest BCUT2D eigenvalue weighted by molar-refractivity contribution is 0.0715. The molecule has 1 N–H and O–H groups in total. The topological polar surface area (TPSA) is 53.7 Å². The predicted molar refractivity (Wildman–Crippen MR) is 74.2 cm³/mol. The summed E-state index contributed by atoms with van der Waals surface area (Å²) in [6.45, 7) is 1.87. The number of hydrogen-bond donors (Lipinski definition) is 1. The third-order valence-electron chi connectivity index (χ3n) is 3.85. The molecule has 2 aromatic rings. The summed E-state index contributed by atoms with van der Waals surface area (Å²) >= 11 is 0. The van der Waals surface area contributed by atoms with E-state index in [9.17, 15) is 18.7 Å². The van der Waals surface area contributed by atoms with Crippen molar-refractivity contribution >= 4 is 5.91 Å². The van der Waals surface area contributed by atoms with Crippen LogP contribution in [0.3, 0.4) is 0 Å². The SMILES string of the molecule is Cc1cc(C(=O)N2C[C@@H](O)C[C@H]2c2ccc(F)c(F)c2)co1. The van der Waals surface area contributed by atoms with Crippen LogP contribution in [0.2, 0.25) is 0 Å². The maximum absolute atomic E-state index is 13.4. The number of aryl methyl sites for hydroxylation is 1. The van der Waals surface area contributed by atoms with Crippen LogP contribution >= 0.6 is 0 Å². The van der Waals surface area contributed by atoms with Crippen molar-refractivity contribution in [3.05, 3.63) is 59.1 Å². The monoisotopic (exact) mass is 307 g/mol. The number of rotatable bonds is 2. The Morgan fingerprint density at radius 1 is 1.32 bits per heavy atom. The number of nitrogens with zero attached hydrogens (tertiary/aromatic N) is 1. The van der Waals surface area contributed by atoms with Gasteiger partial charge in [-0.25, -0.2) is 8.78 Å². The molecule has 3 rings (SSSR count). The van der Waals surface area contributed by atoms with Crippen LogP contribution < -0.4 is 0 Å². The molecular formula is C16H15F2NO3. The fourth-order valence-electron chi connectivity index (χ4n) is 2.80. The summed E-state index contributed by atoms with van der Waals surface area (Å²) in [6, 6.07) is 4.64. The van der Waals surface area contributed by atoms with Gasteiger partial charge >= 0.3 is 0 Å². The van der Waals surface area contributed by atoms with E-state index in [0.717, 1.165) is 12.1 Å². The van der Waals surface area contributed by atoms with Crippen molar-refractivity contribution in [2.75, 3.05) is 6.54 Å². The van der Waals surface area contributed by atoms with Gasteiger partial charge in [-0.1, -0.05) is 6.07 Å². The minimum Gasteiger partial charge on any atom is -0.469 e. The molecule has 0 bridgehead atoms. The van der Waals surface area contributed by atoms with Gasteiger partial charge in [-0.05, 0) is 37.1 Å². The first kappa shape index (κ1) is 14.7. The fourth-order valence-corrected chi connectivity index (χ4v) is 2.80. The standard InChI is InChI=1S/C16H15F2NO3/c1-9-4-11(8-22-9)16(21)19-7-12(20)6-15(19)10-2-3-13(17)14(18)5-10/h2-5,8,12,15,20H,6-7H2,1H3/t12-,15-/m0/s1. The molecule has 0 aliphatic carbocycles. The molecule has 6 heteroatoms. The highest BCUT2D eigenvalue weighted by molar-refractivity contribution is 5.94. The van der Waals surface area contributed by atoms with E-state index in [4.69, 9.17) is 4.42 Å². The molecule has 2 heterocycles. The van der Waals surface area contributed by atoms with E-state index in [0.29, 0.717) is 16.9 Å². The average molecular weight is 307 g/mol. The minimum absolute atomic E-state index is 0.146. The average Bonchev–Trinajstić information content (AvgIpc) is 3.07. The number of carbonyl (C=O) groups excluding carboxylic acids is 1. The molecule has 0 unspecified atom stereocenters. The lowest BCUT2D eigenvalue weighted by Crippen LogP contribution is -2.31. The van der Waals surface area contributed by atoms with E-state index in [1.807, 2.05) is 0 Å². The molecule has 0 radical (unpaired) electrons. The molecule has 1 fully saturated rings. The number of β-amino-alcohol motifs (C(OH)–C–C–N with tert-alkyl or cyclic N) is 1. The molecule has 1 amide bonds. The highest BCUT2D eigenvalue weighted by atomic mass is 19.2. The Morgan fingerprint density at radius 3 is 2.73 bits per heavy atom. The number of hydrogen-bond acceptors (Lipinski definition) is 3. The highest BCUT2D eigenvalue weighted by Gasteiger charge is 2.36. The number of halogens is 2. The Balaban J connectivity index is 1.91. The predicted octanol–water partition coefficient (Wildman–Crippen LogP) is 2.81. The van der Waals surface area contributed by atoms with E-state index in [1.165, 1.54) is 17.2 Å². The van der Waals surface area contributed by atoms with Crippen LogP contribution in [-0.2, 0) is 0 Å². The molecule has 0 saturated carbocycles. The van der Waals surface area contributed by atoms with Gasteiger partial charge in [0.05, 0.1) is 17.7 Å². The first-order chi connectivity index (χ1) is 10.5. The Kier molecular flexibility index (Phi) is 3.70. The zero-order valence-corrected chi connectivity index (χ0v) is 11.9. The largest absolute Gasteiger partial charge is 0.469 e. The number of amides is 1. The lowest BCUT2D eigenvalue weighted by Gasteiger charge is -2.24. The Bertz CT molecular complexity index is 713. The highest BCUT2D eigenvalue weighted by Crippen LogP contribution is 2.34. The van der Waals surface area contributed by atoms with Crippen molar-refractivity contribution in [1.82, 2.24) is 4.90 Å². The van der Waals surface area contributed by atoms with E-state index in [2.05, 4.69) is 0 Å². The van der Waals surface area contributed by atoms with Gasteiger partial charge in [0.15, 0.2) is 11.6 Å². The summed E-state index contributed by atoms with van der Waals surface area (Å²) in [4.78, 5) is 14.0. The van der Waals surface area contributed by atoms with Gasteiger partial charge in [0, 0.05) is 6.54 Å². The first-order valence-corrected chi connectivity index (χ1v) is 6.95. The van der Waals surface area contributed by atoms with Gasteiger partial charge in [-0.3, -0.25) is 4.79 Å². The van der Waals surface area contributed by atoms with Gasteiger partial charge in [0.2, 0.25) is 0 Å². The van der Waals surface area contributed by atoms with Crippen molar-refractivity contribution in [3.63, 3.8) is 0 Å². The number of benzene rings is 1. The minimum atomic E-state index is -0.967. The number of carbonyl (C=O) groups is 1. The van der Waals surface area contributed by atoms with Gasteiger partial charge in [0.1, 0.15) is 12.0 Å². The van der Waals surface area contributed by atoms with Crippen molar-refractivity contribution in [3.8, 4) is 0 Å². The maximum atomic E-state index is 13.4. The summed E-state index contributed by atoms with van der Waals surface area (Å²) in [5.74, 6) is -1.60. The number of aliphatic hydroxyl groups is 1. The van der Waals surface area contributed by atoms with Crippen molar-refractivity contribution in [2.24, 2.45) is 0 Å². The molecule has 1 aliphatic rings. The van der Waals surface area contributed by atoms with Crippen LogP contribution in [0, 0.1) is 18.6 Å². The molecule has 2 atom stereocenters. The van der Waals surface area contributed by atoms with Gasteiger partial charge < -0.3 is 14.4 Å². The van der Waals surface area contributed by atoms with E-state index in [1.54, 1.807) is 13.0 Å². The molecule has 0 spiro atoms. The molecule has 22 heavy (non-hydrogen) atoms. The second-order valence-electron chi connectivity index (χ2n) is 5.48. The molecule has 1 saturated heterocycles. The number of likely N-dealkylation sites (tertiary alicyclic amines) is 1. The summed E-state index contributed by atoms with van der Waals surface area (Å²) in [5.41, 5.74) is 0.836. The lowest BCUT2D eigenvalue weighted by atomic mass is 10.0. The third-order valence-corrected chi connectivity index (χ3v) is 3.85. The molecule has 116 valence electrons.